The second-order valence-corrected chi connectivity index (χ2v) is 9.31. The fraction of sp³-hybridized carbons (Fsp3) is 0.346. The molecule has 41 heavy (non-hydrogen) atoms. The molecule has 1 amide bonds. The Morgan fingerprint density at radius 1 is 1.20 bits per heavy atom. The van der Waals surface area contributed by atoms with Crippen molar-refractivity contribution in [1.29, 1.82) is 0 Å². The standard InChI is InChI=1S/C26H21F7N6O2/c1-4-6-16-15(5-2)19(34-36-22(16)40)10-14-7-8-18(27)17(9-14)23(41)38-12-13(3)39-21(20(38)11-25(28,29)30)35-37-24(39)26(31,32)33/h1,5-9,13,20H,10-12H2,2-3H3,(H,36,40). The number of aromatic amines is 1. The number of terminal acetylenes is 1. The number of aromatic nitrogens is 5. The van der Waals surface area contributed by atoms with Gasteiger partial charge in [-0.05, 0) is 31.5 Å². The van der Waals surface area contributed by atoms with Crippen molar-refractivity contribution < 1.29 is 35.5 Å². The second kappa shape index (κ2) is 10.8. The maximum absolute atomic E-state index is 14.9. The molecule has 1 aliphatic rings. The monoisotopic (exact) mass is 582 g/mol. The van der Waals surface area contributed by atoms with Gasteiger partial charge >= 0.3 is 12.4 Å². The van der Waals surface area contributed by atoms with Crippen LogP contribution in [0, 0.1) is 18.2 Å². The summed E-state index contributed by atoms with van der Waals surface area (Å²) in [5.41, 5.74) is -0.532. The highest BCUT2D eigenvalue weighted by Gasteiger charge is 2.48. The van der Waals surface area contributed by atoms with Gasteiger partial charge in [0.25, 0.3) is 11.5 Å². The van der Waals surface area contributed by atoms with E-state index in [1.54, 1.807) is 13.0 Å². The van der Waals surface area contributed by atoms with Gasteiger partial charge in [-0.3, -0.25) is 9.59 Å². The maximum Gasteiger partial charge on any atom is 0.451 e. The van der Waals surface area contributed by atoms with E-state index in [1.165, 1.54) is 19.1 Å². The Kier molecular flexibility index (Phi) is 7.79. The molecule has 1 N–H and O–H groups in total. The number of nitrogens with one attached hydrogen (secondary N) is 1. The fourth-order valence-electron chi connectivity index (χ4n) is 4.83. The van der Waals surface area contributed by atoms with Crippen LogP contribution in [-0.2, 0) is 12.6 Å². The zero-order valence-corrected chi connectivity index (χ0v) is 21.4. The zero-order chi connectivity index (χ0) is 30.3. The van der Waals surface area contributed by atoms with E-state index >= 15 is 0 Å². The summed E-state index contributed by atoms with van der Waals surface area (Å²) in [5.74, 6) is -2.19. The van der Waals surface area contributed by atoms with Crippen molar-refractivity contribution in [2.45, 2.75) is 51.1 Å². The second-order valence-electron chi connectivity index (χ2n) is 9.31. The minimum atomic E-state index is -5.00. The Labute approximate surface area is 227 Å². The molecule has 4 rings (SSSR count). The van der Waals surface area contributed by atoms with E-state index in [2.05, 4.69) is 26.3 Å². The molecule has 0 saturated carbocycles. The van der Waals surface area contributed by atoms with Crippen molar-refractivity contribution in [2.75, 3.05) is 6.54 Å². The van der Waals surface area contributed by atoms with Crippen molar-refractivity contribution in [1.82, 2.24) is 29.9 Å². The molecule has 0 fully saturated rings. The van der Waals surface area contributed by atoms with E-state index in [4.69, 9.17) is 6.42 Å². The molecule has 2 atom stereocenters. The Balaban J connectivity index is 1.77. The summed E-state index contributed by atoms with van der Waals surface area (Å²) in [7, 11) is 0. The lowest BCUT2D eigenvalue weighted by Gasteiger charge is -2.39. The highest BCUT2D eigenvalue weighted by atomic mass is 19.4. The smallest absolute Gasteiger partial charge is 0.326 e. The molecule has 0 radical (unpaired) electrons. The molecule has 0 bridgehead atoms. The molecule has 1 aromatic carbocycles. The normalized spacial score (nSPS) is 18.4. The summed E-state index contributed by atoms with van der Waals surface area (Å²) in [4.78, 5) is 26.3. The largest absolute Gasteiger partial charge is 0.451 e. The lowest BCUT2D eigenvalue weighted by molar-refractivity contribution is -0.152. The van der Waals surface area contributed by atoms with Crippen molar-refractivity contribution in [3.05, 3.63) is 73.3 Å². The third-order valence-electron chi connectivity index (χ3n) is 6.52. The summed E-state index contributed by atoms with van der Waals surface area (Å²) in [5, 5.41) is 13.2. The SMILES string of the molecule is C#CC=c1c(=O)[nH]nc(Cc2ccc(F)c(C(=O)N3CC(C)n4c(nnc4C(F)(F)F)C3CC(F)(F)F)c2)c1=CC. The van der Waals surface area contributed by atoms with Gasteiger partial charge in [0.15, 0.2) is 5.82 Å². The Hall–Kier alpha value is -4.48. The Morgan fingerprint density at radius 2 is 1.90 bits per heavy atom. The molecule has 15 heteroatoms. The molecule has 2 unspecified atom stereocenters. The van der Waals surface area contributed by atoms with Gasteiger partial charge in [-0.25, -0.2) is 9.49 Å². The predicted octanol–water partition coefficient (Wildman–Crippen LogP) is 3.03. The highest BCUT2D eigenvalue weighted by Crippen LogP contribution is 2.41. The summed E-state index contributed by atoms with van der Waals surface area (Å²) >= 11 is 0. The average Bonchev–Trinajstić information content (AvgIpc) is 3.35. The van der Waals surface area contributed by atoms with Crippen LogP contribution in [0.2, 0.25) is 0 Å². The zero-order valence-electron chi connectivity index (χ0n) is 21.4. The lowest BCUT2D eigenvalue weighted by atomic mass is 10.0. The van der Waals surface area contributed by atoms with Crippen LogP contribution in [-0.4, -0.2) is 48.5 Å². The molecule has 2 aromatic heterocycles. The molecule has 216 valence electrons. The van der Waals surface area contributed by atoms with Crippen LogP contribution in [0.4, 0.5) is 30.7 Å². The predicted molar refractivity (Wildman–Crippen MR) is 131 cm³/mol. The molecule has 0 saturated heterocycles. The van der Waals surface area contributed by atoms with E-state index in [-0.39, 0.29) is 11.6 Å². The van der Waals surface area contributed by atoms with E-state index in [1.807, 2.05) is 0 Å². The number of amides is 1. The summed E-state index contributed by atoms with van der Waals surface area (Å²) in [6.07, 6.45) is -3.56. The van der Waals surface area contributed by atoms with Crippen LogP contribution in [0.3, 0.4) is 0 Å². The van der Waals surface area contributed by atoms with Gasteiger partial charge in [0.2, 0.25) is 5.82 Å². The maximum atomic E-state index is 14.9. The van der Waals surface area contributed by atoms with Gasteiger partial charge in [-0.15, -0.1) is 16.6 Å². The van der Waals surface area contributed by atoms with Gasteiger partial charge in [0, 0.05) is 24.3 Å². The Bertz CT molecular complexity index is 1720. The van der Waals surface area contributed by atoms with Gasteiger partial charge in [-0.2, -0.15) is 31.4 Å². The number of hydrogen-bond donors (Lipinski definition) is 1. The van der Waals surface area contributed by atoms with Crippen LogP contribution in [0.15, 0.2) is 23.0 Å². The third-order valence-corrected chi connectivity index (χ3v) is 6.52. The number of halogens is 7. The van der Waals surface area contributed by atoms with Crippen LogP contribution in [0.25, 0.3) is 12.2 Å². The minimum Gasteiger partial charge on any atom is -0.326 e. The summed E-state index contributed by atoms with van der Waals surface area (Å²) < 4.78 is 96.5. The Morgan fingerprint density at radius 3 is 2.51 bits per heavy atom. The number of fused-ring (bicyclic) bond motifs is 1. The first-order valence-corrected chi connectivity index (χ1v) is 12.0. The van der Waals surface area contributed by atoms with Crippen molar-refractivity contribution in [2.24, 2.45) is 0 Å². The molecule has 0 spiro atoms. The first kappa shape index (κ1) is 29.5. The fourth-order valence-corrected chi connectivity index (χ4v) is 4.83. The first-order valence-electron chi connectivity index (χ1n) is 12.0. The summed E-state index contributed by atoms with van der Waals surface area (Å²) in [6, 6.07) is 0.212. The summed E-state index contributed by atoms with van der Waals surface area (Å²) in [6.45, 7) is 2.29. The first-order chi connectivity index (χ1) is 19.2. The van der Waals surface area contributed by atoms with Gasteiger partial charge < -0.3 is 9.47 Å². The van der Waals surface area contributed by atoms with Crippen molar-refractivity contribution in [3.8, 4) is 12.3 Å². The number of rotatable bonds is 4. The lowest BCUT2D eigenvalue weighted by Crippen LogP contribution is -2.46. The van der Waals surface area contributed by atoms with E-state index in [0.717, 1.165) is 12.1 Å². The number of carbonyl (C=O) groups is 1. The van der Waals surface area contributed by atoms with Crippen LogP contribution >= 0.6 is 0 Å². The molecule has 8 nitrogen and oxygen atoms in total. The number of alkyl halides is 6. The molecule has 1 aliphatic heterocycles. The molecular weight excluding hydrogens is 561 g/mol. The van der Waals surface area contributed by atoms with Crippen LogP contribution in [0.1, 0.15) is 65.6 Å². The number of carbonyl (C=O) groups excluding carboxylic acids is 1. The van der Waals surface area contributed by atoms with E-state index in [9.17, 15) is 40.3 Å². The van der Waals surface area contributed by atoms with Gasteiger partial charge in [-0.1, -0.05) is 18.1 Å². The van der Waals surface area contributed by atoms with Crippen molar-refractivity contribution in [3.63, 3.8) is 0 Å². The quantitative estimate of drug-likeness (QED) is 0.377. The molecule has 3 heterocycles. The number of benzene rings is 1. The van der Waals surface area contributed by atoms with Crippen LogP contribution < -0.4 is 16.0 Å². The van der Waals surface area contributed by atoms with E-state index < -0.39 is 71.9 Å². The molecule has 0 aliphatic carbocycles. The van der Waals surface area contributed by atoms with Gasteiger partial charge in [0.1, 0.15) is 11.9 Å². The van der Waals surface area contributed by atoms with Gasteiger partial charge in [0.05, 0.1) is 28.9 Å². The van der Waals surface area contributed by atoms with Crippen molar-refractivity contribution >= 4 is 18.1 Å². The number of nitrogens with zero attached hydrogens (tertiary/aromatic N) is 5. The third kappa shape index (κ3) is 5.86. The topological polar surface area (TPSA) is 96.8 Å². The number of H-pyrrole nitrogens is 1. The average molecular weight is 582 g/mol. The van der Waals surface area contributed by atoms with Crippen LogP contribution in [0.5, 0.6) is 0 Å². The number of hydrogen-bond acceptors (Lipinski definition) is 5. The highest BCUT2D eigenvalue weighted by molar-refractivity contribution is 5.95. The molecule has 3 aromatic rings. The van der Waals surface area contributed by atoms with E-state index in [0.29, 0.717) is 25.9 Å². The molecular formula is C26H21F7N6O2. The minimum absolute atomic E-state index is 0.0337.